The first-order valence-electron chi connectivity index (χ1n) is 11.4. The molecule has 188 valence electrons. The lowest BCUT2D eigenvalue weighted by Crippen LogP contribution is -2.52. The summed E-state index contributed by atoms with van der Waals surface area (Å²) in [5.74, 6) is -0.851. The summed E-state index contributed by atoms with van der Waals surface area (Å²) in [6.07, 6.45) is 0.581. The first-order chi connectivity index (χ1) is 17.3. The number of thioether (sulfide) groups is 2. The smallest absolute Gasteiger partial charge is 0.255 e. The van der Waals surface area contributed by atoms with E-state index < -0.39 is 23.7 Å². The number of thiocarbonyl (C=S) groups is 1. The van der Waals surface area contributed by atoms with E-state index in [1.807, 2.05) is 30.3 Å². The first kappa shape index (κ1) is 26.3. The molecule has 4 amide bonds. The molecule has 1 atom stereocenters. The van der Waals surface area contributed by atoms with Crippen LogP contribution in [0.4, 0.5) is 4.39 Å². The number of carbonyl (C=O) groups excluding carboxylic acids is 4. The van der Waals surface area contributed by atoms with E-state index in [-0.39, 0.29) is 60.9 Å². The molecule has 36 heavy (non-hydrogen) atoms. The molecule has 0 spiro atoms. The van der Waals surface area contributed by atoms with E-state index in [4.69, 9.17) is 12.2 Å². The summed E-state index contributed by atoms with van der Waals surface area (Å²) in [6.45, 7) is -0.0643. The number of amides is 4. The molecule has 7 nitrogen and oxygen atoms in total. The maximum absolute atomic E-state index is 15.2. The summed E-state index contributed by atoms with van der Waals surface area (Å²) in [5, 5.41) is 4.94. The van der Waals surface area contributed by atoms with Gasteiger partial charge in [-0.25, -0.2) is 4.39 Å². The van der Waals surface area contributed by atoms with Crippen molar-refractivity contribution in [2.24, 2.45) is 0 Å². The molecule has 0 aliphatic carbocycles. The highest BCUT2D eigenvalue weighted by Crippen LogP contribution is 2.30. The summed E-state index contributed by atoms with van der Waals surface area (Å²) in [4.78, 5) is 49.9. The average molecular weight is 546 g/mol. The van der Waals surface area contributed by atoms with Crippen molar-refractivity contribution in [1.82, 2.24) is 15.5 Å². The third kappa shape index (κ3) is 6.32. The number of halogens is 1. The zero-order valence-corrected chi connectivity index (χ0v) is 21.7. The largest absolute Gasteiger partial charge is 0.352 e. The van der Waals surface area contributed by atoms with E-state index in [9.17, 15) is 19.2 Å². The molecule has 0 aromatic heterocycles. The zero-order valence-electron chi connectivity index (χ0n) is 19.3. The lowest BCUT2D eigenvalue weighted by atomic mass is 10.0. The molecule has 2 heterocycles. The van der Waals surface area contributed by atoms with Gasteiger partial charge in [0.15, 0.2) is 0 Å². The fourth-order valence-corrected chi connectivity index (χ4v) is 6.17. The number of hydrogen-bond acceptors (Lipinski definition) is 7. The minimum absolute atomic E-state index is 0.0115. The maximum atomic E-state index is 15.2. The third-order valence-electron chi connectivity index (χ3n) is 5.95. The molecular weight excluding hydrogens is 521 g/mol. The molecule has 0 radical (unpaired) electrons. The van der Waals surface area contributed by atoms with Crippen molar-refractivity contribution in [2.75, 3.05) is 5.75 Å². The minimum Gasteiger partial charge on any atom is -0.352 e. The summed E-state index contributed by atoms with van der Waals surface area (Å²) in [5.41, 5.74) is 1.85. The summed E-state index contributed by atoms with van der Waals surface area (Å²) in [7, 11) is 0. The van der Waals surface area contributed by atoms with Crippen molar-refractivity contribution in [2.45, 2.75) is 44.1 Å². The van der Waals surface area contributed by atoms with Gasteiger partial charge in [-0.05, 0) is 18.1 Å². The van der Waals surface area contributed by atoms with Crippen LogP contribution in [0.15, 0.2) is 42.5 Å². The first-order valence-corrected chi connectivity index (χ1v) is 13.8. The lowest BCUT2D eigenvalue weighted by molar-refractivity contribution is -0.137. The second kappa shape index (κ2) is 12.0. The molecule has 2 aromatic rings. The second-order valence-corrected chi connectivity index (χ2v) is 11.6. The van der Waals surface area contributed by atoms with Crippen LogP contribution in [0.25, 0.3) is 0 Å². The van der Waals surface area contributed by atoms with Crippen molar-refractivity contribution >= 4 is 62.9 Å². The Hall–Kier alpha value is -2.76. The van der Waals surface area contributed by atoms with Gasteiger partial charge in [-0.3, -0.25) is 24.5 Å². The highest BCUT2D eigenvalue weighted by atomic mass is 32.2. The molecule has 2 N–H and O–H groups in total. The standard InChI is InChI=1S/C25H24FN3O4S3/c26-22-16(12-27-20(30)10-11-35-25(34)36-14-15-4-2-1-3-5-15)6-7-17-18(22)13-29(24(17)33)19-8-9-21(31)28-23(19)32/h1-7,19H,8-14H2,(H,27,30)(H,28,31,32). The predicted octanol–water partition coefficient (Wildman–Crippen LogP) is 3.54. The molecule has 1 unspecified atom stereocenters. The van der Waals surface area contributed by atoms with Crippen LogP contribution in [0.5, 0.6) is 0 Å². The van der Waals surface area contributed by atoms with Crippen molar-refractivity contribution in [3.8, 4) is 0 Å². The molecule has 11 heteroatoms. The summed E-state index contributed by atoms with van der Waals surface area (Å²) < 4.78 is 15.9. The van der Waals surface area contributed by atoms with Crippen LogP contribution >= 0.6 is 35.7 Å². The van der Waals surface area contributed by atoms with Crippen LogP contribution in [0, 0.1) is 5.82 Å². The number of benzene rings is 2. The zero-order chi connectivity index (χ0) is 25.7. The number of fused-ring (bicyclic) bond motifs is 1. The quantitative estimate of drug-likeness (QED) is 0.387. The number of nitrogens with zero attached hydrogens (tertiary/aromatic N) is 1. The van der Waals surface area contributed by atoms with E-state index >= 15 is 4.39 Å². The van der Waals surface area contributed by atoms with Crippen molar-refractivity contribution in [3.63, 3.8) is 0 Å². The van der Waals surface area contributed by atoms with Gasteiger partial charge in [-0.1, -0.05) is 48.6 Å². The van der Waals surface area contributed by atoms with E-state index in [2.05, 4.69) is 10.6 Å². The summed E-state index contributed by atoms with van der Waals surface area (Å²) >= 11 is 8.36. The van der Waals surface area contributed by atoms with Gasteiger partial charge in [0.1, 0.15) is 15.4 Å². The molecule has 1 fully saturated rings. The van der Waals surface area contributed by atoms with E-state index in [1.54, 1.807) is 11.8 Å². The molecule has 2 aliphatic rings. The number of piperidine rings is 1. The van der Waals surface area contributed by atoms with E-state index in [0.717, 1.165) is 9.28 Å². The lowest BCUT2D eigenvalue weighted by Gasteiger charge is -2.29. The molecule has 1 saturated heterocycles. The fourth-order valence-electron chi connectivity index (χ4n) is 4.06. The van der Waals surface area contributed by atoms with Crippen LogP contribution in [0.2, 0.25) is 0 Å². The Morgan fingerprint density at radius 2 is 1.92 bits per heavy atom. The van der Waals surface area contributed by atoms with Crippen LogP contribution < -0.4 is 10.6 Å². The van der Waals surface area contributed by atoms with Gasteiger partial charge >= 0.3 is 0 Å². The maximum Gasteiger partial charge on any atom is 0.255 e. The summed E-state index contributed by atoms with van der Waals surface area (Å²) in [6, 6.07) is 12.2. The number of hydrogen-bond donors (Lipinski definition) is 2. The molecule has 2 aromatic carbocycles. The van der Waals surface area contributed by atoms with Crippen molar-refractivity contribution < 1.29 is 23.6 Å². The van der Waals surface area contributed by atoms with Crippen LogP contribution in [-0.2, 0) is 33.2 Å². The number of nitrogens with one attached hydrogen (secondary N) is 2. The topological polar surface area (TPSA) is 95.6 Å². The Balaban J connectivity index is 1.24. The van der Waals surface area contributed by atoms with Gasteiger partial charge < -0.3 is 10.2 Å². The fraction of sp³-hybridized carbons (Fsp3) is 0.320. The average Bonchev–Trinajstić information content (AvgIpc) is 3.20. The Morgan fingerprint density at radius 1 is 1.14 bits per heavy atom. The predicted molar refractivity (Wildman–Crippen MR) is 142 cm³/mol. The van der Waals surface area contributed by atoms with Gasteiger partial charge in [-0.2, -0.15) is 0 Å². The third-order valence-corrected chi connectivity index (χ3v) is 8.73. The van der Waals surface area contributed by atoms with Crippen molar-refractivity contribution in [3.05, 3.63) is 70.5 Å². The molecule has 4 rings (SSSR count). The van der Waals surface area contributed by atoms with Gasteiger partial charge in [0.25, 0.3) is 5.91 Å². The Morgan fingerprint density at radius 3 is 2.67 bits per heavy atom. The van der Waals surface area contributed by atoms with E-state index in [1.165, 1.54) is 34.4 Å². The highest BCUT2D eigenvalue weighted by molar-refractivity contribution is 8.46. The Kier molecular flexibility index (Phi) is 8.76. The van der Waals surface area contributed by atoms with E-state index in [0.29, 0.717) is 5.75 Å². The van der Waals surface area contributed by atoms with Gasteiger partial charge in [0, 0.05) is 47.6 Å². The van der Waals surface area contributed by atoms with Crippen LogP contribution in [-0.4, -0.2) is 43.9 Å². The SMILES string of the molecule is O=C(CCSC(=S)SCc1ccccc1)NCc1ccc2c(c1F)CN(C1CCC(=O)NC1=O)C2=O. The Bertz CT molecular complexity index is 1210. The minimum atomic E-state index is -0.806. The van der Waals surface area contributed by atoms with Crippen LogP contribution in [0.3, 0.4) is 0 Å². The van der Waals surface area contributed by atoms with Gasteiger partial charge in [0.2, 0.25) is 17.7 Å². The van der Waals surface area contributed by atoms with Gasteiger partial charge in [-0.15, -0.1) is 23.5 Å². The number of carbonyl (C=O) groups is 4. The Labute approximate surface area is 221 Å². The highest BCUT2D eigenvalue weighted by Gasteiger charge is 2.40. The molecule has 0 saturated carbocycles. The molecule has 0 bridgehead atoms. The van der Waals surface area contributed by atoms with Gasteiger partial charge in [0.05, 0.1) is 6.54 Å². The molecule has 2 aliphatic heterocycles. The number of imide groups is 1. The number of rotatable bonds is 8. The van der Waals surface area contributed by atoms with Crippen LogP contribution in [0.1, 0.15) is 46.3 Å². The van der Waals surface area contributed by atoms with Crippen molar-refractivity contribution in [1.29, 1.82) is 0 Å². The molecular formula is C25H24FN3O4S3. The monoisotopic (exact) mass is 545 g/mol. The normalized spacial score (nSPS) is 17.1. The second-order valence-electron chi connectivity index (χ2n) is 8.36.